The summed E-state index contributed by atoms with van der Waals surface area (Å²) in [6, 6.07) is 3.73. The van der Waals surface area contributed by atoms with Gasteiger partial charge in [-0.1, -0.05) is 51.8 Å². The number of aliphatic carboxylic acids is 1. The molecule has 4 heterocycles. The van der Waals surface area contributed by atoms with Gasteiger partial charge in [0.1, 0.15) is 17.0 Å². The van der Waals surface area contributed by atoms with E-state index in [0.717, 1.165) is 40.2 Å². The first-order valence-electron chi connectivity index (χ1n) is 17.4. The third-order valence-corrected chi connectivity index (χ3v) is 8.27. The van der Waals surface area contributed by atoms with Crippen LogP contribution in [0.5, 0.6) is 0 Å². The first-order valence-corrected chi connectivity index (χ1v) is 20.5. The largest absolute Gasteiger partial charge is 0.481 e. The summed E-state index contributed by atoms with van der Waals surface area (Å²) in [4.78, 5) is 57.9. The second-order valence-corrected chi connectivity index (χ2v) is 17.9. The summed E-state index contributed by atoms with van der Waals surface area (Å²) in [5.41, 5.74) is 6.03. The van der Waals surface area contributed by atoms with Crippen molar-refractivity contribution in [2.45, 2.75) is 127 Å². The predicted molar refractivity (Wildman–Crippen MR) is 240 cm³/mol. The highest BCUT2D eigenvalue weighted by Gasteiger charge is 2.29. The van der Waals surface area contributed by atoms with Crippen LogP contribution < -0.4 is 5.73 Å². The van der Waals surface area contributed by atoms with Crippen LogP contribution >= 0.6 is 54.5 Å². The zero-order valence-electron chi connectivity index (χ0n) is 31.5. The fraction of sp³-hybridized carbons (Fsp3) is 0.650. The van der Waals surface area contributed by atoms with E-state index in [4.69, 9.17) is 20.3 Å². The summed E-state index contributed by atoms with van der Waals surface area (Å²) in [5, 5.41) is 8.69. The minimum Gasteiger partial charge on any atom is -0.481 e. The van der Waals surface area contributed by atoms with E-state index in [0.29, 0.717) is 50.6 Å². The van der Waals surface area contributed by atoms with Crippen LogP contribution in [0.2, 0.25) is 0 Å². The van der Waals surface area contributed by atoms with Gasteiger partial charge in [-0.2, -0.15) is 0 Å². The number of amides is 2. The average Bonchev–Trinajstić information content (AvgIpc) is 3.01. The zero-order valence-corrected chi connectivity index (χ0v) is 36.8. The lowest BCUT2D eigenvalue weighted by molar-refractivity contribution is -0.138. The van der Waals surface area contributed by atoms with Gasteiger partial charge in [-0.05, 0) is 133 Å². The molecular weight excluding hydrogens is 949 g/mol. The number of anilines is 1. The van der Waals surface area contributed by atoms with Crippen LogP contribution in [0.15, 0.2) is 45.9 Å². The Morgan fingerprint density at radius 1 is 0.764 bits per heavy atom. The number of aromatic nitrogens is 2. The molecule has 2 amide bonds. The van der Waals surface area contributed by atoms with Gasteiger partial charge in [0, 0.05) is 79.2 Å². The SMILES string of the molecule is C.C.C.CC(C)(C)OC(=O)N1CCC(CC(=O)Cc2cncc(Br)c2)CC1.CC(C)(C)OC(=O)N1CCC(CC(=O)O)CC1.CCI.Nc1cncc(Br)c1. The number of nitrogen functional groups attached to an aromatic ring is 1. The third kappa shape index (κ3) is 27.7. The Bertz CT molecular complexity index is 1390. The lowest BCUT2D eigenvalue weighted by atomic mass is 9.90. The summed E-state index contributed by atoms with van der Waals surface area (Å²) >= 11 is 8.88. The first kappa shape index (κ1) is 56.8. The van der Waals surface area contributed by atoms with Gasteiger partial charge in [0.2, 0.25) is 0 Å². The van der Waals surface area contributed by atoms with Crippen LogP contribution in [0.4, 0.5) is 15.3 Å². The topological polar surface area (TPSA) is 165 Å². The molecular formula is C40H68Br2IN5O7. The second kappa shape index (κ2) is 28.8. The number of rotatable bonds is 6. The van der Waals surface area contributed by atoms with Crippen molar-refractivity contribution in [3.8, 4) is 0 Å². The molecule has 2 fully saturated rings. The van der Waals surface area contributed by atoms with Gasteiger partial charge < -0.3 is 30.1 Å². The van der Waals surface area contributed by atoms with Crippen molar-refractivity contribution in [2.75, 3.05) is 36.3 Å². The van der Waals surface area contributed by atoms with Crippen molar-refractivity contribution < 1.29 is 33.8 Å². The van der Waals surface area contributed by atoms with E-state index in [2.05, 4.69) is 71.3 Å². The summed E-state index contributed by atoms with van der Waals surface area (Å²) in [6.07, 6.45) is 10.5. The molecule has 0 unspecified atom stereocenters. The van der Waals surface area contributed by atoms with Gasteiger partial charge in [0.25, 0.3) is 0 Å². The van der Waals surface area contributed by atoms with Crippen molar-refractivity contribution >= 4 is 84.1 Å². The number of carboxylic acids is 1. The molecule has 0 radical (unpaired) electrons. The van der Waals surface area contributed by atoms with Gasteiger partial charge in [0.05, 0.1) is 5.69 Å². The predicted octanol–water partition coefficient (Wildman–Crippen LogP) is 10.9. The number of Topliss-reactive ketones (excluding diaryl/α,β-unsaturated/α-hetero) is 1. The van der Waals surface area contributed by atoms with E-state index in [1.165, 1.54) is 4.43 Å². The Hall–Kier alpha value is -2.53. The summed E-state index contributed by atoms with van der Waals surface area (Å²) in [7, 11) is 0. The number of carbonyl (C=O) groups excluding carboxylic acids is 3. The summed E-state index contributed by atoms with van der Waals surface area (Å²) in [5.74, 6) is -0.00572. The molecule has 4 rings (SSSR count). The van der Waals surface area contributed by atoms with Crippen molar-refractivity contribution in [3.63, 3.8) is 0 Å². The molecule has 316 valence electrons. The highest BCUT2D eigenvalue weighted by Crippen LogP contribution is 2.24. The first-order chi connectivity index (χ1) is 24.2. The Balaban J connectivity index is -0.000000760. The highest BCUT2D eigenvalue weighted by atomic mass is 127. The molecule has 0 bridgehead atoms. The standard InChI is InChI=1S/C18H25BrN2O3.C12H21NO4.C5H5BrN2.C2H5I.3CH4/c1-18(2,3)24-17(23)21-6-4-13(5-7-21)9-16(22)10-14-8-15(19)12-20-11-14;1-12(2,3)17-11(16)13-6-4-9(5-7-13)8-10(14)15;6-4-1-5(7)3-8-2-4;1-2-3;;;/h8,11-13H,4-7,9-10H2,1-3H3;9H,4-8H2,1-3H3,(H,14,15);1-3H,7H2;2H2,1H3;3*1H4. The summed E-state index contributed by atoms with van der Waals surface area (Å²) < 4.78 is 13.7. The van der Waals surface area contributed by atoms with E-state index in [9.17, 15) is 19.2 Å². The van der Waals surface area contributed by atoms with Crippen molar-refractivity contribution in [1.29, 1.82) is 0 Å². The molecule has 0 aliphatic carbocycles. The van der Waals surface area contributed by atoms with Crippen LogP contribution in [-0.4, -0.2) is 90.6 Å². The molecule has 0 spiro atoms. The number of ether oxygens (including phenoxy) is 2. The van der Waals surface area contributed by atoms with Gasteiger partial charge in [0.15, 0.2) is 0 Å². The molecule has 2 saturated heterocycles. The van der Waals surface area contributed by atoms with Crippen molar-refractivity contribution in [3.05, 3.63) is 51.4 Å². The number of carbonyl (C=O) groups is 4. The van der Waals surface area contributed by atoms with Gasteiger partial charge >= 0.3 is 18.2 Å². The molecule has 2 aromatic heterocycles. The minimum absolute atomic E-state index is 0. The number of likely N-dealkylation sites (tertiary alicyclic amines) is 2. The molecule has 2 aliphatic heterocycles. The van der Waals surface area contributed by atoms with E-state index >= 15 is 0 Å². The Labute approximate surface area is 361 Å². The number of hydrogen-bond acceptors (Lipinski definition) is 9. The summed E-state index contributed by atoms with van der Waals surface area (Å²) in [6.45, 7) is 15.7. The van der Waals surface area contributed by atoms with Crippen molar-refractivity contribution in [1.82, 2.24) is 19.8 Å². The van der Waals surface area contributed by atoms with Crippen LogP contribution in [-0.2, 0) is 25.5 Å². The van der Waals surface area contributed by atoms with Crippen LogP contribution in [0.25, 0.3) is 0 Å². The fourth-order valence-electron chi connectivity index (χ4n) is 5.14. The maximum atomic E-state index is 12.2. The molecule has 12 nitrogen and oxygen atoms in total. The molecule has 0 saturated carbocycles. The highest BCUT2D eigenvalue weighted by molar-refractivity contribution is 14.1. The lowest BCUT2D eigenvalue weighted by Gasteiger charge is -2.33. The number of nitrogens with two attached hydrogens (primary N) is 1. The average molecular weight is 1020 g/mol. The molecule has 3 N–H and O–H groups in total. The number of hydrogen-bond donors (Lipinski definition) is 2. The van der Waals surface area contributed by atoms with E-state index in [-0.39, 0.29) is 52.6 Å². The number of carboxylic acid groups (broad SMARTS) is 1. The van der Waals surface area contributed by atoms with Crippen molar-refractivity contribution in [2.24, 2.45) is 11.8 Å². The van der Waals surface area contributed by atoms with E-state index in [1.54, 1.807) is 40.7 Å². The van der Waals surface area contributed by atoms with Crippen LogP contribution in [0.3, 0.4) is 0 Å². The minimum atomic E-state index is -0.763. The Kier molecular flexibility index (Phi) is 29.7. The Morgan fingerprint density at radius 3 is 1.47 bits per heavy atom. The van der Waals surface area contributed by atoms with Gasteiger partial charge in [-0.3, -0.25) is 19.6 Å². The molecule has 2 aliphatic rings. The zero-order chi connectivity index (χ0) is 39.5. The number of piperidine rings is 2. The molecule has 15 heteroatoms. The van der Waals surface area contributed by atoms with E-state index < -0.39 is 17.2 Å². The monoisotopic (exact) mass is 1020 g/mol. The fourth-order valence-corrected chi connectivity index (χ4v) is 5.94. The van der Waals surface area contributed by atoms with E-state index in [1.807, 2.05) is 47.6 Å². The van der Waals surface area contributed by atoms with Gasteiger partial charge in [-0.25, -0.2) is 9.59 Å². The second-order valence-electron chi connectivity index (χ2n) is 14.6. The van der Waals surface area contributed by atoms with Gasteiger partial charge in [-0.15, -0.1) is 0 Å². The number of halogens is 3. The molecule has 2 aromatic rings. The number of pyridine rings is 2. The van der Waals surface area contributed by atoms with Crippen LogP contribution in [0.1, 0.15) is 115 Å². The number of nitrogens with zero attached hydrogens (tertiary/aromatic N) is 4. The normalized spacial score (nSPS) is 14.2. The molecule has 0 atom stereocenters. The van der Waals surface area contributed by atoms with Crippen LogP contribution in [0, 0.1) is 11.8 Å². The quantitative estimate of drug-likeness (QED) is 0.210. The number of alkyl halides is 1. The molecule has 0 aromatic carbocycles. The molecule has 55 heavy (non-hydrogen) atoms. The maximum absolute atomic E-state index is 12.2. The smallest absolute Gasteiger partial charge is 0.410 e. The number of ketones is 1. The third-order valence-electron chi connectivity index (χ3n) is 7.40. The maximum Gasteiger partial charge on any atom is 0.410 e. The Morgan fingerprint density at radius 2 is 1.15 bits per heavy atom. The lowest BCUT2D eigenvalue weighted by Crippen LogP contribution is -2.42.